The van der Waals surface area contributed by atoms with Crippen molar-refractivity contribution >= 4 is 0 Å². The van der Waals surface area contributed by atoms with Crippen molar-refractivity contribution in [1.29, 1.82) is 0 Å². The van der Waals surface area contributed by atoms with Crippen molar-refractivity contribution in [2.24, 2.45) is 0 Å². The van der Waals surface area contributed by atoms with Gasteiger partial charge in [-0.1, -0.05) is 0 Å². The summed E-state index contributed by atoms with van der Waals surface area (Å²) in [5.41, 5.74) is 0. The van der Waals surface area contributed by atoms with Crippen LogP contribution >= 0.6 is 0 Å². The molecule has 0 aromatic heterocycles. The van der Waals surface area contributed by atoms with E-state index in [1.54, 1.807) is 0 Å². The molecule has 1 aliphatic heterocycles. The van der Waals surface area contributed by atoms with E-state index in [9.17, 15) is 0 Å². The van der Waals surface area contributed by atoms with Crippen LogP contribution in [-0.4, -0.2) is 11.7 Å². The first-order valence-electron chi connectivity index (χ1n) is 1.89. The minimum Gasteiger partial charge on any atom is -0.509 e. The Bertz CT molecular complexity index is 75.6. The number of aliphatic hydroxyl groups excluding tert-OH is 1. The molecule has 0 saturated carbocycles. The predicted octanol–water partition coefficient (Wildman–Crippen LogP) is 0.806. The molecule has 1 N–H and O–H groups in total. The monoisotopic (exact) mass is 86.0 g/mol. The molecular weight excluding hydrogens is 80.0 g/mol. The lowest BCUT2D eigenvalue weighted by Gasteiger charge is -1.79. The lowest BCUT2D eigenvalue weighted by molar-refractivity contribution is 0.281. The van der Waals surface area contributed by atoms with Crippen molar-refractivity contribution < 1.29 is 9.84 Å². The molecule has 0 spiro atoms. The molecule has 0 unspecified atom stereocenters. The van der Waals surface area contributed by atoms with Gasteiger partial charge >= 0.3 is 0 Å². The van der Waals surface area contributed by atoms with Crippen LogP contribution in [0.5, 0.6) is 0 Å². The van der Waals surface area contributed by atoms with Gasteiger partial charge in [-0.3, -0.25) is 0 Å². The summed E-state index contributed by atoms with van der Waals surface area (Å²) >= 11 is 0. The van der Waals surface area contributed by atoms with Crippen molar-refractivity contribution in [3.05, 3.63) is 12.0 Å². The number of rotatable bonds is 0. The molecule has 0 radical (unpaired) electrons. The summed E-state index contributed by atoms with van der Waals surface area (Å²) in [6.07, 6.45) is 2.06. The second kappa shape index (κ2) is 1.20. The molecule has 1 heterocycles. The Labute approximate surface area is 36.0 Å². The van der Waals surface area contributed by atoms with E-state index in [1.807, 2.05) is 0 Å². The number of hydrogen-bond donors (Lipinski definition) is 1. The van der Waals surface area contributed by atoms with Crippen molar-refractivity contribution in [1.82, 2.24) is 0 Å². The zero-order valence-electron chi connectivity index (χ0n) is 3.35. The maximum absolute atomic E-state index is 8.47. The van der Waals surface area contributed by atoms with Crippen LogP contribution in [0.3, 0.4) is 0 Å². The molecule has 6 heavy (non-hydrogen) atoms. The molecule has 1 rings (SSSR count). The average molecular weight is 86.1 g/mol. The van der Waals surface area contributed by atoms with Gasteiger partial charge in [-0.25, -0.2) is 0 Å². The molecule has 2 heteroatoms. The third-order valence-electron chi connectivity index (χ3n) is 0.695. The zero-order valence-corrected chi connectivity index (χ0v) is 3.35. The third kappa shape index (κ3) is 0.455. The fraction of sp³-hybridized carbons (Fsp3) is 0.500. The van der Waals surface area contributed by atoms with Crippen LogP contribution in [0.25, 0.3) is 0 Å². The molecule has 0 bridgehead atoms. The smallest absolute Gasteiger partial charge is 0.130 e. The first-order chi connectivity index (χ1) is 2.89. The van der Waals surface area contributed by atoms with Crippen molar-refractivity contribution in [2.75, 3.05) is 6.61 Å². The van der Waals surface area contributed by atoms with Gasteiger partial charge < -0.3 is 9.84 Å². The standard InChI is InChI=1S/C4H6O2/c5-4-1-2-6-3-4/h3,5H,1-2H2. The summed E-state index contributed by atoms with van der Waals surface area (Å²) in [6, 6.07) is 0. The summed E-state index contributed by atoms with van der Waals surface area (Å²) in [7, 11) is 0. The molecule has 0 aliphatic carbocycles. The minimum atomic E-state index is 0.356. The van der Waals surface area contributed by atoms with Gasteiger partial charge in [-0.05, 0) is 0 Å². The van der Waals surface area contributed by atoms with E-state index in [2.05, 4.69) is 4.74 Å². The Balaban J connectivity index is 2.45. The van der Waals surface area contributed by atoms with Crippen LogP contribution in [-0.2, 0) is 4.74 Å². The Kier molecular flexibility index (Phi) is 0.708. The van der Waals surface area contributed by atoms with Gasteiger partial charge in [0.2, 0.25) is 0 Å². The second-order valence-electron chi connectivity index (χ2n) is 1.23. The fourth-order valence-corrected chi connectivity index (χ4v) is 0.378. The van der Waals surface area contributed by atoms with Crippen LogP contribution in [0.2, 0.25) is 0 Å². The molecule has 0 amide bonds. The average Bonchev–Trinajstić information content (AvgIpc) is 1.86. The van der Waals surface area contributed by atoms with E-state index in [0.717, 1.165) is 0 Å². The van der Waals surface area contributed by atoms with E-state index in [0.29, 0.717) is 18.8 Å². The van der Waals surface area contributed by atoms with Crippen LogP contribution in [0.1, 0.15) is 6.42 Å². The van der Waals surface area contributed by atoms with E-state index >= 15 is 0 Å². The lowest BCUT2D eigenvalue weighted by atomic mass is 10.4. The van der Waals surface area contributed by atoms with Crippen LogP contribution in [0, 0.1) is 0 Å². The highest BCUT2D eigenvalue weighted by atomic mass is 16.5. The van der Waals surface area contributed by atoms with E-state index < -0.39 is 0 Å². The molecule has 0 aromatic carbocycles. The van der Waals surface area contributed by atoms with Gasteiger partial charge in [-0.2, -0.15) is 0 Å². The van der Waals surface area contributed by atoms with E-state index in [-0.39, 0.29) is 0 Å². The fourth-order valence-electron chi connectivity index (χ4n) is 0.378. The highest BCUT2D eigenvalue weighted by molar-refractivity contribution is 4.88. The predicted molar refractivity (Wildman–Crippen MR) is 21.3 cm³/mol. The van der Waals surface area contributed by atoms with E-state index in [4.69, 9.17) is 5.11 Å². The van der Waals surface area contributed by atoms with Crippen LogP contribution in [0.15, 0.2) is 12.0 Å². The van der Waals surface area contributed by atoms with Gasteiger partial charge in [-0.15, -0.1) is 0 Å². The Morgan fingerprint density at radius 1 is 1.83 bits per heavy atom. The molecule has 2 nitrogen and oxygen atoms in total. The second-order valence-corrected chi connectivity index (χ2v) is 1.23. The van der Waals surface area contributed by atoms with Crippen molar-refractivity contribution in [3.63, 3.8) is 0 Å². The Morgan fingerprint density at radius 3 is 2.83 bits per heavy atom. The summed E-state index contributed by atoms with van der Waals surface area (Å²) < 4.78 is 4.64. The van der Waals surface area contributed by atoms with Crippen molar-refractivity contribution in [3.8, 4) is 0 Å². The van der Waals surface area contributed by atoms with Crippen molar-refractivity contribution in [2.45, 2.75) is 6.42 Å². The van der Waals surface area contributed by atoms with Gasteiger partial charge in [0.25, 0.3) is 0 Å². The zero-order chi connectivity index (χ0) is 4.41. The first kappa shape index (κ1) is 3.53. The molecular formula is C4H6O2. The number of ether oxygens (including phenoxy) is 1. The summed E-state index contributed by atoms with van der Waals surface area (Å²) in [6.45, 7) is 0.645. The van der Waals surface area contributed by atoms with Gasteiger partial charge in [0.05, 0.1) is 6.61 Å². The molecule has 0 fully saturated rings. The highest BCUT2D eigenvalue weighted by Crippen LogP contribution is 2.03. The molecule has 0 atom stereocenters. The molecule has 1 aliphatic rings. The summed E-state index contributed by atoms with van der Waals surface area (Å²) in [5, 5.41) is 8.47. The maximum atomic E-state index is 8.47. The topological polar surface area (TPSA) is 29.5 Å². The maximum Gasteiger partial charge on any atom is 0.130 e. The first-order valence-corrected chi connectivity index (χ1v) is 1.89. The third-order valence-corrected chi connectivity index (χ3v) is 0.695. The largest absolute Gasteiger partial charge is 0.509 e. The van der Waals surface area contributed by atoms with Gasteiger partial charge in [0.15, 0.2) is 0 Å². The highest BCUT2D eigenvalue weighted by Gasteiger charge is 1.98. The lowest BCUT2D eigenvalue weighted by Crippen LogP contribution is -1.74. The van der Waals surface area contributed by atoms with E-state index in [1.165, 1.54) is 6.26 Å². The molecule has 0 saturated heterocycles. The summed E-state index contributed by atoms with van der Waals surface area (Å²) in [5.74, 6) is 0.356. The van der Waals surface area contributed by atoms with Crippen LogP contribution < -0.4 is 0 Å². The Hall–Kier alpha value is -0.660. The quantitative estimate of drug-likeness (QED) is 0.472. The number of hydrogen-bond acceptors (Lipinski definition) is 2. The van der Waals surface area contributed by atoms with Gasteiger partial charge in [0, 0.05) is 6.42 Å². The Morgan fingerprint density at radius 2 is 2.67 bits per heavy atom. The number of aliphatic hydroxyl groups is 1. The summed E-state index contributed by atoms with van der Waals surface area (Å²) in [4.78, 5) is 0. The molecule has 0 aromatic rings. The SMILES string of the molecule is OC1=COCC1. The van der Waals surface area contributed by atoms with Gasteiger partial charge in [0.1, 0.15) is 12.0 Å². The molecule has 34 valence electrons. The normalized spacial score (nSPS) is 19.7. The minimum absolute atomic E-state index is 0.356. The van der Waals surface area contributed by atoms with Crippen LogP contribution in [0.4, 0.5) is 0 Å².